The first-order valence-corrected chi connectivity index (χ1v) is 9.64. The van der Waals surface area contributed by atoms with Crippen molar-refractivity contribution in [2.45, 2.75) is 12.5 Å². The minimum atomic E-state index is -0.121. The summed E-state index contributed by atoms with van der Waals surface area (Å²) in [4.78, 5) is 16.1. The molecule has 1 atom stereocenters. The standard InChI is InChI=1S/C21H17NO4S/c23-19(4-1-14-6-9-24-12-14)22-8-5-15-7-10-27-21(15)20(22)16-2-3-17-18(11-16)26-13-25-17/h1-4,6-7,9-12,20H,5,8,13H2. The first kappa shape index (κ1) is 16.2. The van der Waals surface area contributed by atoms with Gasteiger partial charge in [0.25, 0.3) is 0 Å². The summed E-state index contributed by atoms with van der Waals surface area (Å²) < 4.78 is 16.0. The molecule has 0 fully saturated rings. The number of hydrogen-bond acceptors (Lipinski definition) is 5. The van der Waals surface area contributed by atoms with E-state index >= 15 is 0 Å². The van der Waals surface area contributed by atoms with Gasteiger partial charge in [-0.1, -0.05) is 6.07 Å². The zero-order valence-electron chi connectivity index (χ0n) is 14.5. The van der Waals surface area contributed by atoms with Crippen molar-refractivity contribution in [3.63, 3.8) is 0 Å². The van der Waals surface area contributed by atoms with E-state index in [4.69, 9.17) is 13.9 Å². The van der Waals surface area contributed by atoms with Gasteiger partial charge in [-0.05, 0) is 53.3 Å². The molecule has 2 aliphatic heterocycles. The van der Waals surface area contributed by atoms with E-state index < -0.39 is 0 Å². The summed E-state index contributed by atoms with van der Waals surface area (Å²) in [5.74, 6) is 1.47. The van der Waals surface area contributed by atoms with Crippen molar-refractivity contribution in [1.29, 1.82) is 0 Å². The molecule has 27 heavy (non-hydrogen) atoms. The fraction of sp³-hybridized carbons (Fsp3) is 0.190. The van der Waals surface area contributed by atoms with Gasteiger partial charge >= 0.3 is 0 Å². The zero-order valence-corrected chi connectivity index (χ0v) is 15.3. The Kier molecular flexibility index (Phi) is 3.98. The van der Waals surface area contributed by atoms with E-state index in [9.17, 15) is 4.79 Å². The van der Waals surface area contributed by atoms with Crippen LogP contribution in [0.2, 0.25) is 0 Å². The van der Waals surface area contributed by atoms with E-state index in [1.807, 2.05) is 29.2 Å². The van der Waals surface area contributed by atoms with Gasteiger partial charge in [0.1, 0.15) is 0 Å². The van der Waals surface area contributed by atoms with Crippen LogP contribution in [0.4, 0.5) is 0 Å². The Labute approximate surface area is 160 Å². The Morgan fingerprint density at radius 3 is 3.00 bits per heavy atom. The molecule has 0 spiro atoms. The van der Waals surface area contributed by atoms with Gasteiger partial charge in [0, 0.05) is 23.1 Å². The molecule has 1 unspecified atom stereocenters. The van der Waals surface area contributed by atoms with Crippen LogP contribution >= 0.6 is 11.3 Å². The van der Waals surface area contributed by atoms with Gasteiger partial charge in [-0.2, -0.15) is 0 Å². The highest BCUT2D eigenvalue weighted by Gasteiger charge is 2.33. The van der Waals surface area contributed by atoms with Crippen molar-refractivity contribution in [2.24, 2.45) is 0 Å². The molecule has 136 valence electrons. The van der Waals surface area contributed by atoms with Gasteiger partial charge in [-0.15, -0.1) is 11.3 Å². The molecule has 2 aliphatic rings. The number of hydrogen-bond donors (Lipinski definition) is 0. The lowest BCUT2D eigenvalue weighted by atomic mass is 9.95. The molecular weight excluding hydrogens is 362 g/mol. The van der Waals surface area contributed by atoms with Crippen molar-refractivity contribution < 1.29 is 18.7 Å². The number of carbonyl (C=O) groups excluding carboxylic acids is 1. The van der Waals surface area contributed by atoms with Gasteiger partial charge in [0.2, 0.25) is 12.7 Å². The Balaban J connectivity index is 1.51. The normalized spacial score (nSPS) is 18.1. The fourth-order valence-electron chi connectivity index (χ4n) is 3.59. The Morgan fingerprint density at radius 2 is 2.11 bits per heavy atom. The molecule has 0 aliphatic carbocycles. The van der Waals surface area contributed by atoms with Gasteiger partial charge in [-0.3, -0.25) is 4.79 Å². The molecule has 5 nitrogen and oxygen atoms in total. The van der Waals surface area contributed by atoms with E-state index in [1.165, 1.54) is 10.4 Å². The van der Waals surface area contributed by atoms with Crippen molar-refractivity contribution in [2.75, 3.05) is 13.3 Å². The topological polar surface area (TPSA) is 51.9 Å². The summed E-state index contributed by atoms with van der Waals surface area (Å²) in [6.07, 6.45) is 7.48. The number of rotatable bonds is 3. The molecule has 5 rings (SSSR count). The fourth-order valence-corrected chi connectivity index (χ4v) is 4.68. The van der Waals surface area contributed by atoms with E-state index in [-0.39, 0.29) is 18.7 Å². The highest BCUT2D eigenvalue weighted by molar-refractivity contribution is 7.10. The maximum atomic E-state index is 13.0. The second-order valence-electron chi connectivity index (χ2n) is 6.50. The van der Waals surface area contributed by atoms with Gasteiger partial charge < -0.3 is 18.8 Å². The summed E-state index contributed by atoms with van der Waals surface area (Å²) in [5.41, 5.74) is 3.22. The summed E-state index contributed by atoms with van der Waals surface area (Å²) >= 11 is 1.69. The van der Waals surface area contributed by atoms with Crippen LogP contribution in [-0.2, 0) is 11.2 Å². The predicted molar refractivity (Wildman–Crippen MR) is 102 cm³/mol. The molecule has 2 aromatic heterocycles. The van der Waals surface area contributed by atoms with Crippen LogP contribution in [0.1, 0.15) is 27.6 Å². The van der Waals surface area contributed by atoms with E-state index in [0.29, 0.717) is 6.54 Å². The average molecular weight is 379 g/mol. The summed E-state index contributed by atoms with van der Waals surface area (Å²) in [7, 11) is 0. The van der Waals surface area contributed by atoms with Crippen molar-refractivity contribution in [3.05, 3.63) is 75.9 Å². The third-order valence-electron chi connectivity index (χ3n) is 4.92. The molecule has 4 heterocycles. The lowest BCUT2D eigenvalue weighted by Gasteiger charge is -2.35. The predicted octanol–water partition coefficient (Wildman–Crippen LogP) is 4.26. The number of ether oxygens (including phenoxy) is 2. The van der Waals surface area contributed by atoms with Gasteiger partial charge in [-0.25, -0.2) is 0 Å². The SMILES string of the molecule is O=C(C=Cc1ccoc1)N1CCc2ccsc2C1c1ccc2c(c1)OCO2. The second kappa shape index (κ2) is 6.63. The highest BCUT2D eigenvalue weighted by atomic mass is 32.1. The number of thiophene rings is 1. The molecule has 6 heteroatoms. The summed E-state index contributed by atoms with van der Waals surface area (Å²) in [5, 5.41) is 2.10. The lowest BCUT2D eigenvalue weighted by Crippen LogP contribution is -2.39. The molecule has 1 aromatic carbocycles. The third kappa shape index (κ3) is 2.92. The van der Waals surface area contributed by atoms with Crippen molar-refractivity contribution in [3.8, 4) is 11.5 Å². The minimum Gasteiger partial charge on any atom is -0.472 e. The van der Waals surface area contributed by atoms with Gasteiger partial charge in [0.05, 0.1) is 18.6 Å². The van der Waals surface area contributed by atoms with Crippen LogP contribution in [0.3, 0.4) is 0 Å². The first-order valence-electron chi connectivity index (χ1n) is 8.76. The highest BCUT2D eigenvalue weighted by Crippen LogP contribution is 2.42. The number of furan rings is 1. The van der Waals surface area contributed by atoms with E-state index in [0.717, 1.165) is 29.0 Å². The maximum Gasteiger partial charge on any atom is 0.247 e. The molecule has 0 radical (unpaired) electrons. The number of amides is 1. The van der Waals surface area contributed by atoms with E-state index in [1.54, 1.807) is 36.0 Å². The Hall–Kier alpha value is -2.99. The molecule has 0 saturated carbocycles. The number of nitrogens with zero attached hydrogens (tertiary/aromatic N) is 1. The maximum absolute atomic E-state index is 13.0. The minimum absolute atomic E-state index is 0.0158. The monoisotopic (exact) mass is 379 g/mol. The van der Waals surface area contributed by atoms with Crippen molar-refractivity contribution >= 4 is 23.3 Å². The molecular formula is C21H17NO4S. The number of carbonyl (C=O) groups is 1. The van der Waals surface area contributed by atoms with Gasteiger partial charge in [0.15, 0.2) is 11.5 Å². The van der Waals surface area contributed by atoms with Crippen LogP contribution in [0, 0.1) is 0 Å². The van der Waals surface area contributed by atoms with Crippen LogP contribution in [0.15, 0.2) is 58.7 Å². The number of benzene rings is 1. The lowest BCUT2D eigenvalue weighted by molar-refractivity contribution is -0.127. The summed E-state index contributed by atoms with van der Waals surface area (Å²) in [6.45, 7) is 0.918. The molecule has 3 aromatic rings. The Morgan fingerprint density at radius 1 is 1.19 bits per heavy atom. The zero-order chi connectivity index (χ0) is 18.2. The second-order valence-corrected chi connectivity index (χ2v) is 7.44. The first-order chi connectivity index (χ1) is 13.3. The van der Waals surface area contributed by atoms with Crippen LogP contribution in [-0.4, -0.2) is 24.1 Å². The number of fused-ring (bicyclic) bond motifs is 2. The van der Waals surface area contributed by atoms with Crippen molar-refractivity contribution in [1.82, 2.24) is 4.90 Å². The smallest absolute Gasteiger partial charge is 0.247 e. The third-order valence-corrected chi connectivity index (χ3v) is 5.93. The molecule has 0 saturated heterocycles. The van der Waals surface area contributed by atoms with E-state index in [2.05, 4.69) is 11.4 Å². The molecule has 1 amide bonds. The molecule has 0 N–H and O–H groups in total. The van der Waals surface area contributed by atoms with Crippen LogP contribution in [0.5, 0.6) is 11.5 Å². The Bertz CT molecular complexity index is 1010. The average Bonchev–Trinajstić information content (AvgIpc) is 3.45. The van der Waals surface area contributed by atoms with Crippen LogP contribution < -0.4 is 9.47 Å². The van der Waals surface area contributed by atoms with Crippen LogP contribution in [0.25, 0.3) is 6.08 Å². The molecule has 0 bridgehead atoms. The largest absolute Gasteiger partial charge is 0.472 e. The summed E-state index contributed by atoms with van der Waals surface area (Å²) in [6, 6.07) is 9.79. The quantitative estimate of drug-likeness (QED) is 0.638.